The van der Waals surface area contributed by atoms with Gasteiger partial charge in [-0.15, -0.1) is 0 Å². The maximum absolute atomic E-state index is 13.5. The number of rotatable bonds is 13. The van der Waals surface area contributed by atoms with Crippen molar-refractivity contribution in [3.8, 4) is 23.0 Å². The van der Waals surface area contributed by atoms with Gasteiger partial charge in [0, 0.05) is 54.8 Å². The number of urea groups is 1. The van der Waals surface area contributed by atoms with Crippen molar-refractivity contribution in [2.24, 2.45) is 0 Å². The third-order valence-electron chi connectivity index (χ3n) is 8.47. The predicted molar refractivity (Wildman–Crippen MR) is 216 cm³/mol. The van der Waals surface area contributed by atoms with E-state index < -0.39 is 24.4 Å². The Hall–Kier alpha value is -5.10. The van der Waals surface area contributed by atoms with E-state index in [2.05, 4.69) is 41.7 Å². The van der Waals surface area contributed by atoms with Crippen molar-refractivity contribution in [3.63, 3.8) is 0 Å². The van der Waals surface area contributed by atoms with Crippen LogP contribution in [0.4, 0.5) is 33.4 Å². The van der Waals surface area contributed by atoms with E-state index in [1.54, 1.807) is 79.9 Å². The molecule has 0 aliphatic rings. The van der Waals surface area contributed by atoms with Gasteiger partial charge in [-0.2, -0.15) is 0 Å². The number of benzene rings is 4. The molecule has 0 radical (unpaired) electrons. The summed E-state index contributed by atoms with van der Waals surface area (Å²) >= 11 is 0. The fourth-order valence-corrected chi connectivity index (χ4v) is 7.64. The number of carbonyl (C=O) groups excluding carboxylic acids is 1. The van der Waals surface area contributed by atoms with E-state index in [0.29, 0.717) is 63.5 Å². The van der Waals surface area contributed by atoms with Crippen LogP contribution in [0.25, 0.3) is 10.8 Å². The van der Waals surface area contributed by atoms with Crippen LogP contribution in [-0.4, -0.2) is 56.0 Å². The number of hydrogen-bond acceptors (Lipinski definition) is 9. The summed E-state index contributed by atoms with van der Waals surface area (Å²) < 4.78 is 50.2. The average Bonchev–Trinajstić information content (AvgIpc) is 3.11. The summed E-state index contributed by atoms with van der Waals surface area (Å²) in [5.74, 6) is 2.47. The van der Waals surface area contributed by atoms with Crippen molar-refractivity contribution in [2.75, 3.05) is 61.1 Å². The molecule has 280 valence electrons. The maximum Gasteiger partial charge on any atom is 0.323 e. The van der Waals surface area contributed by atoms with Crippen LogP contribution in [0.15, 0.2) is 85.1 Å². The highest BCUT2D eigenvalue weighted by molar-refractivity contribution is 7.85. The Labute approximate surface area is 313 Å². The number of aromatic nitrogens is 1. The molecule has 5 aromatic rings. The summed E-state index contributed by atoms with van der Waals surface area (Å²) in [7, 11) is 0.390. The molecule has 0 saturated carbocycles. The predicted octanol–water partition coefficient (Wildman–Crippen LogP) is 9.03. The number of carbonyl (C=O) groups is 1. The molecule has 2 amide bonds. The second-order valence-electron chi connectivity index (χ2n) is 13.2. The van der Waals surface area contributed by atoms with Crippen molar-refractivity contribution in [2.45, 2.75) is 33.1 Å². The second-order valence-corrected chi connectivity index (χ2v) is 17.1. The van der Waals surface area contributed by atoms with Gasteiger partial charge in [0.05, 0.1) is 43.2 Å². The van der Waals surface area contributed by atoms with Crippen molar-refractivity contribution in [3.05, 3.63) is 90.6 Å². The van der Waals surface area contributed by atoms with Gasteiger partial charge in [0.25, 0.3) is 0 Å². The van der Waals surface area contributed by atoms with Gasteiger partial charge in [0.1, 0.15) is 34.1 Å². The van der Waals surface area contributed by atoms with Crippen LogP contribution < -0.4 is 39.8 Å². The highest BCUT2D eigenvalue weighted by Gasteiger charge is 2.25. The van der Waals surface area contributed by atoms with Crippen LogP contribution in [-0.2, 0) is 25.5 Å². The molecule has 14 heteroatoms. The van der Waals surface area contributed by atoms with Crippen LogP contribution >= 0.6 is 7.37 Å². The summed E-state index contributed by atoms with van der Waals surface area (Å²) in [5, 5.41) is 11.2. The molecule has 0 aliphatic heterocycles. The minimum Gasteiger partial charge on any atom is -0.496 e. The monoisotopic (exact) mass is 759 g/mol. The number of anilines is 5. The van der Waals surface area contributed by atoms with Crippen LogP contribution in [0, 0.1) is 0 Å². The molecule has 3 N–H and O–H groups in total. The van der Waals surface area contributed by atoms with Gasteiger partial charge in [0.2, 0.25) is 7.37 Å². The molecule has 2 unspecified atom stereocenters. The molecule has 4 aromatic carbocycles. The van der Waals surface area contributed by atoms with E-state index in [0.717, 1.165) is 16.3 Å². The van der Waals surface area contributed by atoms with E-state index in [-0.39, 0.29) is 5.41 Å². The molecule has 53 heavy (non-hydrogen) atoms. The largest absolute Gasteiger partial charge is 0.496 e. The molecule has 0 spiro atoms. The summed E-state index contributed by atoms with van der Waals surface area (Å²) in [4.78, 5) is 18.0. The number of ether oxygens (including phenoxy) is 3. The molecule has 12 nitrogen and oxygen atoms in total. The first-order valence-electron chi connectivity index (χ1n) is 16.9. The number of pyridine rings is 1. The quantitative estimate of drug-likeness (QED) is 0.100. The molecular formula is C39H46N5O7PS. The van der Waals surface area contributed by atoms with Crippen molar-refractivity contribution >= 4 is 69.0 Å². The smallest absolute Gasteiger partial charge is 0.323 e. The fraction of sp³-hybridized carbons (Fsp3) is 0.282. The highest BCUT2D eigenvalue weighted by atomic mass is 32.2. The molecular weight excluding hydrogens is 713 g/mol. The fourth-order valence-electron chi connectivity index (χ4n) is 5.70. The molecule has 0 fully saturated rings. The van der Waals surface area contributed by atoms with Crippen LogP contribution in [0.5, 0.6) is 23.0 Å². The summed E-state index contributed by atoms with van der Waals surface area (Å²) in [5.41, 5.74) is 2.97. The number of amides is 2. The first kappa shape index (κ1) is 39.1. The first-order valence-corrected chi connectivity index (χ1v) is 20.4. The summed E-state index contributed by atoms with van der Waals surface area (Å²) in [6, 6.07) is 23.3. The number of nitrogens with zero attached hydrogens (tertiary/aromatic N) is 2. The zero-order valence-corrected chi connectivity index (χ0v) is 33.1. The van der Waals surface area contributed by atoms with Gasteiger partial charge in [-0.1, -0.05) is 45.0 Å². The Balaban J connectivity index is 1.38. The van der Waals surface area contributed by atoms with Gasteiger partial charge in [0.15, 0.2) is 5.75 Å². The topological polar surface area (TPSA) is 140 Å². The van der Waals surface area contributed by atoms with E-state index in [1.807, 2.05) is 36.4 Å². The summed E-state index contributed by atoms with van der Waals surface area (Å²) in [6.45, 7) is 9.89. The molecule has 0 bridgehead atoms. The molecule has 2 atom stereocenters. The van der Waals surface area contributed by atoms with Crippen LogP contribution in [0.2, 0.25) is 0 Å². The third-order valence-corrected chi connectivity index (χ3v) is 11.4. The molecule has 0 aliphatic carbocycles. The van der Waals surface area contributed by atoms with Gasteiger partial charge in [-0.05, 0) is 60.4 Å². The molecule has 5 rings (SSSR count). The van der Waals surface area contributed by atoms with Crippen molar-refractivity contribution < 1.29 is 32.3 Å². The van der Waals surface area contributed by atoms with E-state index in [9.17, 15) is 13.6 Å². The van der Waals surface area contributed by atoms with Gasteiger partial charge in [-0.25, -0.2) is 14.0 Å². The minimum absolute atomic E-state index is 0.257. The van der Waals surface area contributed by atoms with E-state index >= 15 is 0 Å². The van der Waals surface area contributed by atoms with Gasteiger partial charge < -0.3 is 34.7 Å². The highest BCUT2D eigenvalue weighted by Crippen LogP contribution is 2.45. The van der Waals surface area contributed by atoms with Crippen LogP contribution in [0.1, 0.15) is 33.3 Å². The van der Waals surface area contributed by atoms with Crippen LogP contribution in [0.3, 0.4) is 0 Å². The van der Waals surface area contributed by atoms with E-state index in [4.69, 9.17) is 18.7 Å². The molecule has 0 saturated heterocycles. The lowest BCUT2D eigenvalue weighted by Crippen LogP contribution is -2.24. The average molecular weight is 760 g/mol. The number of methoxy groups -OCH3 is 2. The Kier molecular flexibility index (Phi) is 12.0. The van der Waals surface area contributed by atoms with Crippen molar-refractivity contribution in [1.82, 2.24) is 4.98 Å². The zero-order chi connectivity index (χ0) is 38.5. The SMILES string of the molecule is CCOP(C)(=O)c1ccc(Nc2cc(Oc3ccc(NC(=O)Nc4cc(C(C)(C)C)cc(N(C)S(C)=O)c4OC)c4ccccc34)ccn2)cc1OC. The number of hydrogen-bond donors (Lipinski definition) is 3. The Morgan fingerprint density at radius 2 is 1.62 bits per heavy atom. The third kappa shape index (κ3) is 9.11. The second kappa shape index (κ2) is 16.3. The Morgan fingerprint density at radius 3 is 2.28 bits per heavy atom. The number of nitrogens with one attached hydrogen (secondary N) is 3. The lowest BCUT2D eigenvalue weighted by atomic mass is 9.86. The normalized spacial score (nSPS) is 13.1. The van der Waals surface area contributed by atoms with E-state index in [1.165, 1.54) is 14.2 Å². The Bertz CT molecular complexity index is 2210. The molecule has 1 aromatic heterocycles. The maximum atomic E-state index is 13.5. The lowest BCUT2D eigenvalue weighted by molar-refractivity contribution is 0.262. The van der Waals surface area contributed by atoms with Gasteiger partial charge >= 0.3 is 6.03 Å². The van der Waals surface area contributed by atoms with Crippen molar-refractivity contribution in [1.29, 1.82) is 0 Å². The Morgan fingerprint density at radius 1 is 0.906 bits per heavy atom. The first-order chi connectivity index (χ1) is 25.1. The zero-order valence-electron chi connectivity index (χ0n) is 31.4. The standard InChI is InChI=1S/C39H46N5O7PS/c1-10-50-52(8,46)35-18-15-26(23-34(35)48-6)41-36-24-27(19-20-40-36)51-33-17-16-30(28-13-11-12-14-29(28)33)42-38(45)43-31-21-25(39(2,3)4)22-32(37(31)49-7)44(5)53(9)47/h11-24H,10H2,1-9H3,(H,40,41)(H2,42,43,45). The van der Waals surface area contributed by atoms with Gasteiger partial charge in [-0.3, -0.25) is 8.87 Å². The molecule has 1 heterocycles. The number of fused-ring (bicyclic) bond motifs is 1. The minimum atomic E-state index is -3.05. The lowest BCUT2D eigenvalue weighted by Gasteiger charge is -2.26. The summed E-state index contributed by atoms with van der Waals surface area (Å²) in [6.07, 6.45) is 3.21.